The molecule has 1 heterocycles. The molecule has 6 N–H and O–H groups in total. The van der Waals surface area contributed by atoms with E-state index in [1.54, 1.807) is 13.0 Å². The number of benzene rings is 1. The first kappa shape index (κ1) is 24.7. The first-order valence-electron chi connectivity index (χ1n) is 11.3. The Balaban J connectivity index is 1.82. The Bertz CT molecular complexity index is 1070. The van der Waals surface area contributed by atoms with Crippen molar-refractivity contribution < 1.29 is 44.9 Å². The Morgan fingerprint density at radius 1 is 1.24 bits per heavy atom. The normalized spacial score (nSPS) is 35.4. The zero-order chi connectivity index (χ0) is 24.9. The smallest absolute Gasteiger partial charge is 0.229 e. The van der Waals surface area contributed by atoms with Gasteiger partial charge in [0.1, 0.15) is 30.2 Å². The highest BCUT2D eigenvalue weighted by Crippen LogP contribution is 2.52. The van der Waals surface area contributed by atoms with Crippen LogP contribution in [-0.4, -0.2) is 73.7 Å². The highest BCUT2D eigenvalue weighted by molar-refractivity contribution is 5.96. The zero-order valence-electron chi connectivity index (χ0n) is 19.1. The van der Waals surface area contributed by atoms with Gasteiger partial charge in [0, 0.05) is 23.0 Å². The van der Waals surface area contributed by atoms with Crippen LogP contribution < -0.4 is 4.74 Å². The van der Waals surface area contributed by atoms with Crippen molar-refractivity contribution in [3.8, 4) is 18.1 Å². The molecule has 0 radical (unpaired) electrons. The molecule has 34 heavy (non-hydrogen) atoms. The molecule has 0 aromatic heterocycles. The second-order valence-corrected chi connectivity index (χ2v) is 9.51. The number of Topliss-reactive ketones (excluding diaryl/α,β-unsaturated/α-hetero) is 1. The number of terminal acetylenes is 1. The topological polar surface area (TPSA) is 157 Å². The third-order valence-electron chi connectivity index (χ3n) is 7.65. The van der Waals surface area contributed by atoms with Gasteiger partial charge in [0.15, 0.2) is 11.5 Å². The molecule has 0 amide bonds. The van der Waals surface area contributed by atoms with Crippen molar-refractivity contribution >= 4 is 5.78 Å². The maximum atomic E-state index is 12.6. The Labute approximate surface area is 197 Å². The van der Waals surface area contributed by atoms with Crippen LogP contribution in [0.15, 0.2) is 17.4 Å². The zero-order valence-corrected chi connectivity index (χ0v) is 19.1. The Hall–Kier alpha value is -2.45. The molecular weight excluding hydrogens is 444 g/mol. The molecular formula is C25H30O9. The van der Waals surface area contributed by atoms with E-state index in [9.17, 15) is 35.4 Å². The maximum absolute atomic E-state index is 12.6. The van der Waals surface area contributed by atoms with E-state index in [0.29, 0.717) is 24.0 Å². The predicted molar refractivity (Wildman–Crippen MR) is 119 cm³/mol. The van der Waals surface area contributed by atoms with Gasteiger partial charge in [0.2, 0.25) is 6.29 Å². The van der Waals surface area contributed by atoms with Crippen molar-refractivity contribution in [2.24, 2.45) is 5.92 Å². The number of rotatable bonds is 4. The lowest BCUT2D eigenvalue weighted by molar-refractivity contribution is -0.277. The lowest BCUT2D eigenvalue weighted by atomic mass is 9.57. The molecule has 0 saturated carbocycles. The second-order valence-electron chi connectivity index (χ2n) is 9.51. The molecule has 9 heteroatoms. The highest BCUT2D eigenvalue weighted by atomic mass is 16.7. The fraction of sp³-hybridized carbons (Fsp3) is 0.560. The summed E-state index contributed by atoms with van der Waals surface area (Å²) in [4.78, 5) is 12.6. The Kier molecular flexibility index (Phi) is 6.50. The highest BCUT2D eigenvalue weighted by Gasteiger charge is 2.49. The molecule has 3 aliphatic rings. The van der Waals surface area contributed by atoms with Crippen LogP contribution in [0, 0.1) is 18.3 Å². The number of ketones is 1. The summed E-state index contributed by atoms with van der Waals surface area (Å²) in [5, 5.41) is 60.4. The lowest BCUT2D eigenvalue weighted by Crippen LogP contribution is -2.60. The molecule has 7 atom stereocenters. The summed E-state index contributed by atoms with van der Waals surface area (Å²) in [6.07, 6.45) is -0.315. The van der Waals surface area contributed by atoms with E-state index in [2.05, 4.69) is 5.92 Å². The van der Waals surface area contributed by atoms with Gasteiger partial charge >= 0.3 is 0 Å². The number of aliphatic hydroxyl groups is 6. The van der Waals surface area contributed by atoms with E-state index >= 15 is 0 Å². The molecule has 1 aromatic carbocycles. The number of ether oxygens (including phenoxy) is 2. The van der Waals surface area contributed by atoms with Gasteiger partial charge in [-0.05, 0) is 48.4 Å². The average Bonchev–Trinajstić information content (AvgIpc) is 2.82. The molecule has 1 fully saturated rings. The lowest BCUT2D eigenvalue weighted by Gasteiger charge is -2.47. The minimum atomic E-state index is -1.64. The molecule has 0 spiro atoms. The van der Waals surface area contributed by atoms with E-state index in [0.717, 1.165) is 11.1 Å². The van der Waals surface area contributed by atoms with Crippen molar-refractivity contribution in [1.82, 2.24) is 0 Å². The number of fused-ring (bicyclic) bond motifs is 3. The first-order valence-corrected chi connectivity index (χ1v) is 11.3. The monoisotopic (exact) mass is 474 g/mol. The minimum Gasteiger partial charge on any atom is -0.504 e. The van der Waals surface area contributed by atoms with Crippen LogP contribution >= 0.6 is 0 Å². The number of allylic oxidation sites excluding steroid dienone is 2. The van der Waals surface area contributed by atoms with Crippen molar-refractivity contribution in [1.29, 1.82) is 0 Å². The molecule has 184 valence electrons. The largest absolute Gasteiger partial charge is 0.504 e. The van der Waals surface area contributed by atoms with Crippen LogP contribution in [0.2, 0.25) is 0 Å². The van der Waals surface area contributed by atoms with Crippen LogP contribution in [0.4, 0.5) is 0 Å². The van der Waals surface area contributed by atoms with E-state index in [4.69, 9.17) is 15.9 Å². The molecule has 0 bridgehead atoms. The number of carbonyl (C=O) groups excluding carboxylic acids is 1. The van der Waals surface area contributed by atoms with Gasteiger partial charge in [-0.25, -0.2) is 0 Å². The van der Waals surface area contributed by atoms with E-state index in [1.807, 2.05) is 6.92 Å². The van der Waals surface area contributed by atoms with Crippen LogP contribution in [0.3, 0.4) is 0 Å². The van der Waals surface area contributed by atoms with E-state index in [-0.39, 0.29) is 35.2 Å². The molecule has 7 unspecified atom stereocenters. The summed E-state index contributed by atoms with van der Waals surface area (Å²) in [5.74, 6) is 2.05. The van der Waals surface area contributed by atoms with Gasteiger partial charge < -0.3 is 40.1 Å². The van der Waals surface area contributed by atoms with E-state index in [1.165, 1.54) is 0 Å². The summed E-state index contributed by atoms with van der Waals surface area (Å²) < 4.78 is 11.4. The number of aliphatic hydroxyl groups excluding tert-OH is 6. The first-order chi connectivity index (χ1) is 16.1. The van der Waals surface area contributed by atoms with Crippen molar-refractivity contribution in [3.05, 3.63) is 39.7 Å². The number of hydrogen-bond acceptors (Lipinski definition) is 9. The molecule has 1 aliphatic heterocycles. The molecule has 1 aromatic rings. The quantitative estimate of drug-likeness (QED) is 0.330. The van der Waals surface area contributed by atoms with Gasteiger partial charge in [-0.3, -0.25) is 4.79 Å². The van der Waals surface area contributed by atoms with Gasteiger partial charge in [-0.1, -0.05) is 12.8 Å². The third-order valence-corrected chi connectivity index (χ3v) is 7.65. The van der Waals surface area contributed by atoms with Gasteiger partial charge in [0.25, 0.3) is 0 Å². The molecule has 9 nitrogen and oxygen atoms in total. The molecule has 2 aliphatic carbocycles. The molecule has 4 rings (SSSR count). The van der Waals surface area contributed by atoms with Crippen LogP contribution in [-0.2, 0) is 28.0 Å². The van der Waals surface area contributed by atoms with Crippen molar-refractivity contribution in [3.63, 3.8) is 0 Å². The van der Waals surface area contributed by atoms with Gasteiger partial charge in [-0.2, -0.15) is 0 Å². The Morgan fingerprint density at radius 3 is 2.56 bits per heavy atom. The molecule has 1 saturated heterocycles. The van der Waals surface area contributed by atoms with Crippen molar-refractivity contribution in [2.45, 2.75) is 75.8 Å². The fourth-order valence-corrected chi connectivity index (χ4v) is 5.75. The summed E-state index contributed by atoms with van der Waals surface area (Å²) in [6, 6.07) is 1.66. The summed E-state index contributed by atoms with van der Waals surface area (Å²) in [5.41, 5.74) is 2.20. The Morgan fingerprint density at radius 2 is 1.94 bits per heavy atom. The minimum absolute atomic E-state index is 0.0653. The number of hydrogen-bond donors (Lipinski definition) is 6. The standard InChI is InChI=1S/C25H30O9/c1-4-12-13-5-6-15-11(2)20(29)17(28)8-25(15,3)16(13)7-18(14(12)9-26)33-24-23(32)22(31)21(30)19(10-27)34-24/h1,7,15,19,21-24,26-27,29-32H,5-6,8-10H2,2-3H3. The SMILES string of the molecule is C#Cc1c(CO)c(OC2OC(CO)C(O)C(O)C2O)cc2c1CCC1C(C)=C(O)C(=O)CC21C. The van der Waals surface area contributed by atoms with Crippen LogP contribution in [0.25, 0.3) is 0 Å². The van der Waals surface area contributed by atoms with Crippen LogP contribution in [0.5, 0.6) is 5.75 Å². The van der Waals surface area contributed by atoms with Gasteiger partial charge in [-0.15, -0.1) is 6.42 Å². The third kappa shape index (κ3) is 3.62. The van der Waals surface area contributed by atoms with Crippen molar-refractivity contribution in [2.75, 3.05) is 6.61 Å². The van der Waals surface area contributed by atoms with E-state index < -0.39 is 49.3 Å². The maximum Gasteiger partial charge on any atom is 0.229 e. The van der Waals surface area contributed by atoms with Crippen LogP contribution in [0.1, 0.15) is 48.9 Å². The summed E-state index contributed by atoms with van der Waals surface area (Å²) in [7, 11) is 0. The van der Waals surface area contributed by atoms with Gasteiger partial charge in [0.05, 0.1) is 13.2 Å². The predicted octanol–water partition coefficient (Wildman–Crippen LogP) is -0.0362. The summed E-state index contributed by atoms with van der Waals surface area (Å²) in [6.45, 7) is 2.59. The fourth-order valence-electron chi connectivity index (χ4n) is 5.75. The summed E-state index contributed by atoms with van der Waals surface area (Å²) >= 11 is 0. The number of carbonyl (C=O) groups is 1. The average molecular weight is 475 g/mol. The second kappa shape index (κ2) is 8.96.